The number of H-pyrrole nitrogens is 1. The van der Waals surface area contributed by atoms with E-state index in [1.165, 1.54) is 6.42 Å². The molecule has 0 saturated carbocycles. The van der Waals surface area contributed by atoms with Crippen LogP contribution in [0.15, 0.2) is 36.4 Å². The molecule has 0 bridgehead atoms. The molecule has 0 radical (unpaired) electrons. The molecule has 6 N–H and O–H groups in total. The SMILES string of the molecule is CC.CCC.C[C@H](CC1(c2nn[nH]n2)c2ccc(C(N)=O)cc2-c2cc(C(N)=O)ccc21)NCC(=O)N1CCC[C@H]1C#N. The van der Waals surface area contributed by atoms with Gasteiger partial charge in [0.1, 0.15) is 6.04 Å². The molecule has 3 amide bonds. The van der Waals surface area contributed by atoms with Crippen LogP contribution in [0.25, 0.3) is 11.1 Å². The summed E-state index contributed by atoms with van der Waals surface area (Å²) in [6.45, 7) is 10.8. The molecule has 0 spiro atoms. The number of carbonyl (C=O) groups excluding carboxylic acids is 3. The van der Waals surface area contributed by atoms with Crippen LogP contribution in [-0.4, -0.2) is 68.4 Å². The molecular weight excluding hydrogens is 546 g/mol. The highest BCUT2D eigenvalue weighted by molar-refractivity contribution is 5.98. The lowest BCUT2D eigenvalue weighted by atomic mass is 9.72. The minimum absolute atomic E-state index is 0.0720. The van der Waals surface area contributed by atoms with Crippen molar-refractivity contribution in [2.45, 2.75) is 77.8 Å². The maximum absolute atomic E-state index is 12.8. The van der Waals surface area contributed by atoms with E-state index < -0.39 is 23.3 Å². The summed E-state index contributed by atoms with van der Waals surface area (Å²) in [7, 11) is 0. The van der Waals surface area contributed by atoms with Crippen LogP contribution in [0.2, 0.25) is 0 Å². The molecule has 2 aliphatic rings. The van der Waals surface area contributed by atoms with Crippen LogP contribution in [0.5, 0.6) is 0 Å². The lowest BCUT2D eigenvalue weighted by Crippen LogP contribution is -2.45. The Bertz CT molecular complexity index is 1420. The minimum atomic E-state index is -0.914. The normalized spacial score (nSPS) is 16.4. The van der Waals surface area contributed by atoms with E-state index in [-0.39, 0.29) is 18.5 Å². The van der Waals surface area contributed by atoms with Crippen molar-refractivity contribution in [1.82, 2.24) is 30.8 Å². The monoisotopic (exact) mass is 587 g/mol. The van der Waals surface area contributed by atoms with Gasteiger partial charge in [0.2, 0.25) is 17.7 Å². The predicted molar refractivity (Wildman–Crippen MR) is 163 cm³/mol. The number of benzene rings is 2. The summed E-state index contributed by atoms with van der Waals surface area (Å²) in [5, 5.41) is 27.7. The van der Waals surface area contributed by atoms with Crippen molar-refractivity contribution >= 4 is 17.7 Å². The maximum atomic E-state index is 12.8. The Hall–Kier alpha value is -4.63. The number of hydrogen-bond donors (Lipinski definition) is 4. The third kappa shape index (κ3) is 6.57. The summed E-state index contributed by atoms with van der Waals surface area (Å²) in [5.41, 5.74) is 13.9. The summed E-state index contributed by atoms with van der Waals surface area (Å²) in [5.74, 6) is -0.883. The van der Waals surface area contributed by atoms with Crippen molar-refractivity contribution < 1.29 is 14.4 Å². The first-order chi connectivity index (χ1) is 20.7. The summed E-state index contributed by atoms with van der Waals surface area (Å²) in [4.78, 5) is 38.5. The van der Waals surface area contributed by atoms with Gasteiger partial charge in [0.25, 0.3) is 0 Å². The van der Waals surface area contributed by atoms with E-state index in [0.29, 0.717) is 47.5 Å². The number of fused-ring (bicyclic) bond motifs is 3. The third-order valence-corrected chi connectivity index (χ3v) is 7.48. The van der Waals surface area contributed by atoms with E-state index in [0.717, 1.165) is 17.5 Å². The second-order valence-electron chi connectivity index (χ2n) is 10.5. The molecule has 2 heterocycles. The Morgan fingerprint density at radius 3 is 2.12 bits per heavy atom. The van der Waals surface area contributed by atoms with Gasteiger partial charge in [-0.15, -0.1) is 10.2 Å². The first-order valence-electron chi connectivity index (χ1n) is 14.7. The van der Waals surface area contributed by atoms with E-state index in [9.17, 15) is 19.6 Å². The molecular formula is C31H41N9O3. The zero-order chi connectivity index (χ0) is 31.7. The van der Waals surface area contributed by atoms with Crippen LogP contribution in [0.4, 0.5) is 0 Å². The molecule has 2 atom stereocenters. The number of hydrogen-bond acceptors (Lipinski definition) is 8. The molecule has 1 saturated heterocycles. The van der Waals surface area contributed by atoms with Gasteiger partial charge in [-0.05, 0) is 72.7 Å². The third-order valence-electron chi connectivity index (χ3n) is 7.48. The van der Waals surface area contributed by atoms with Gasteiger partial charge >= 0.3 is 0 Å². The fourth-order valence-electron chi connectivity index (χ4n) is 5.72. The van der Waals surface area contributed by atoms with Crippen molar-refractivity contribution in [1.29, 1.82) is 5.26 Å². The quantitative estimate of drug-likeness (QED) is 0.308. The molecule has 0 unspecified atom stereocenters. The molecule has 1 aliphatic heterocycles. The van der Waals surface area contributed by atoms with Crippen molar-refractivity contribution in [3.8, 4) is 17.2 Å². The highest BCUT2D eigenvalue weighted by atomic mass is 16.2. The molecule has 43 heavy (non-hydrogen) atoms. The first-order valence-corrected chi connectivity index (χ1v) is 14.7. The van der Waals surface area contributed by atoms with Gasteiger partial charge in [-0.1, -0.05) is 51.5 Å². The number of nitriles is 1. The number of likely N-dealkylation sites (tertiary alicyclic amines) is 1. The number of rotatable bonds is 8. The van der Waals surface area contributed by atoms with E-state index in [2.05, 4.69) is 45.9 Å². The number of aromatic amines is 1. The van der Waals surface area contributed by atoms with Gasteiger partial charge in [0, 0.05) is 23.7 Å². The number of carbonyl (C=O) groups is 3. The highest BCUT2D eigenvalue weighted by Crippen LogP contribution is 2.54. The van der Waals surface area contributed by atoms with Crippen LogP contribution in [-0.2, 0) is 10.2 Å². The standard InChI is InChI=1S/C26H27N9O3.C3H8.C2H6/c1-14(30-13-22(36)35-8-2-3-17(35)12-27)11-26(25-31-33-34-32-25)20-6-4-15(23(28)37)9-18(20)19-10-16(24(29)38)5-7-21(19)26;1-3-2;1-2/h4-7,9-10,14,17,30H,2-3,8,11,13H2,1H3,(H2,28,37)(H2,29,38)(H,31,32,33,34);3H2,1-2H3;1-2H3/t14-,17+;;/m1../s1. The second-order valence-corrected chi connectivity index (χ2v) is 10.5. The maximum Gasteiger partial charge on any atom is 0.248 e. The summed E-state index contributed by atoms with van der Waals surface area (Å²) in [6, 6.07) is 11.9. The van der Waals surface area contributed by atoms with Gasteiger partial charge in [-0.2, -0.15) is 10.5 Å². The highest BCUT2D eigenvalue weighted by Gasteiger charge is 2.49. The Balaban J connectivity index is 0.000000953. The Morgan fingerprint density at radius 2 is 1.65 bits per heavy atom. The van der Waals surface area contributed by atoms with Gasteiger partial charge in [0.15, 0.2) is 5.82 Å². The van der Waals surface area contributed by atoms with Crippen molar-refractivity contribution in [3.05, 3.63) is 64.5 Å². The lowest BCUT2D eigenvalue weighted by Gasteiger charge is -2.32. The van der Waals surface area contributed by atoms with Crippen LogP contribution in [0.1, 0.15) is 98.0 Å². The number of amides is 3. The van der Waals surface area contributed by atoms with Crippen LogP contribution >= 0.6 is 0 Å². The molecule has 1 aromatic heterocycles. The molecule has 228 valence electrons. The number of nitrogens with zero attached hydrogens (tertiary/aromatic N) is 5. The lowest BCUT2D eigenvalue weighted by molar-refractivity contribution is -0.130. The summed E-state index contributed by atoms with van der Waals surface area (Å²) >= 11 is 0. The van der Waals surface area contributed by atoms with Crippen molar-refractivity contribution in [2.24, 2.45) is 11.5 Å². The van der Waals surface area contributed by atoms with Crippen molar-refractivity contribution in [3.63, 3.8) is 0 Å². The van der Waals surface area contributed by atoms with Gasteiger partial charge in [0.05, 0.1) is 18.0 Å². The van der Waals surface area contributed by atoms with Gasteiger partial charge in [-0.25, -0.2) is 0 Å². The molecule has 12 nitrogen and oxygen atoms in total. The average Bonchev–Trinajstić information content (AvgIpc) is 3.77. The van der Waals surface area contributed by atoms with Crippen LogP contribution in [0, 0.1) is 11.3 Å². The van der Waals surface area contributed by atoms with Crippen LogP contribution in [0.3, 0.4) is 0 Å². The molecule has 5 rings (SSSR count). The minimum Gasteiger partial charge on any atom is -0.366 e. The summed E-state index contributed by atoms with van der Waals surface area (Å²) in [6.07, 6.45) is 3.18. The Kier molecular flexibility index (Phi) is 11.1. The number of aromatic nitrogens is 4. The van der Waals surface area contributed by atoms with Gasteiger partial charge in [-0.3, -0.25) is 14.4 Å². The predicted octanol–water partition coefficient (Wildman–Crippen LogP) is 3.04. The Morgan fingerprint density at radius 1 is 1.09 bits per heavy atom. The van der Waals surface area contributed by atoms with Gasteiger partial charge < -0.3 is 21.7 Å². The molecule has 1 aliphatic carbocycles. The molecule has 1 fully saturated rings. The molecule has 3 aromatic rings. The largest absolute Gasteiger partial charge is 0.366 e. The fraction of sp³-hybridized carbons (Fsp3) is 0.452. The summed E-state index contributed by atoms with van der Waals surface area (Å²) < 4.78 is 0. The topological polar surface area (TPSA) is 197 Å². The number of nitrogens with two attached hydrogens (primary N) is 2. The van der Waals surface area contributed by atoms with E-state index in [1.807, 2.05) is 32.9 Å². The number of nitrogens with one attached hydrogen (secondary N) is 2. The average molecular weight is 588 g/mol. The zero-order valence-electron chi connectivity index (χ0n) is 25.5. The van der Waals surface area contributed by atoms with E-state index in [1.54, 1.807) is 29.2 Å². The van der Waals surface area contributed by atoms with E-state index in [4.69, 9.17) is 11.5 Å². The Labute approximate surface area is 252 Å². The first kappa shape index (κ1) is 32.9. The van der Waals surface area contributed by atoms with E-state index >= 15 is 0 Å². The van der Waals surface area contributed by atoms with Crippen molar-refractivity contribution in [2.75, 3.05) is 13.1 Å². The fourth-order valence-corrected chi connectivity index (χ4v) is 5.72. The smallest absolute Gasteiger partial charge is 0.248 e. The molecule has 2 aromatic carbocycles. The van der Waals surface area contributed by atoms with Crippen LogP contribution < -0.4 is 16.8 Å². The second kappa shape index (κ2) is 14.5. The molecule has 12 heteroatoms. The number of primary amides is 2. The zero-order valence-corrected chi connectivity index (χ0v) is 25.5. The number of tetrazole rings is 1.